The van der Waals surface area contributed by atoms with Crippen LogP contribution in [0.1, 0.15) is 36.9 Å². The van der Waals surface area contributed by atoms with Gasteiger partial charge in [0.2, 0.25) is 11.8 Å². The number of nitrogens with zero attached hydrogens (tertiary/aromatic N) is 2. The van der Waals surface area contributed by atoms with Crippen molar-refractivity contribution >= 4 is 23.3 Å². The maximum absolute atomic E-state index is 12.1. The average Bonchev–Trinajstić information content (AvgIpc) is 3.20. The molecule has 22 heavy (non-hydrogen) atoms. The second-order valence-corrected chi connectivity index (χ2v) is 5.58. The van der Waals surface area contributed by atoms with E-state index in [4.69, 9.17) is 5.73 Å². The molecule has 0 aliphatic heterocycles. The van der Waals surface area contributed by atoms with Gasteiger partial charge in [-0.2, -0.15) is 5.10 Å². The van der Waals surface area contributed by atoms with Crippen molar-refractivity contribution in [2.75, 3.05) is 4.90 Å². The number of nitrogens with two attached hydrogens (primary N) is 1. The van der Waals surface area contributed by atoms with Gasteiger partial charge in [0.15, 0.2) is 5.82 Å². The van der Waals surface area contributed by atoms with E-state index in [9.17, 15) is 9.59 Å². The second-order valence-electron chi connectivity index (χ2n) is 5.58. The molecule has 1 saturated carbocycles. The number of hydrogen-bond acceptors (Lipinski definition) is 3. The third-order valence-electron chi connectivity index (χ3n) is 3.74. The Kier molecular flexibility index (Phi) is 3.66. The van der Waals surface area contributed by atoms with Crippen LogP contribution < -0.4 is 10.6 Å². The minimum atomic E-state index is -0.434. The number of hydrogen-bond donors (Lipinski definition) is 2. The molecule has 0 atom stereocenters. The van der Waals surface area contributed by atoms with Crippen molar-refractivity contribution in [3.8, 4) is 0 Å². The number of aromatic amines is 1. The predicted molar refractivity (Wildman–Crippen MR) is 82.7 cm³/mol. The number of nitrogens with one attached hydrogen (secondary N) is 1. The molecule has 1 aromatic carbocycles. The zero-order valence-corrected chi connectivity index (χ0v) is 12.4. The van der Waals surface area contributed by atoms with Gasteiger partial charge in [0, 0.05) is 24.6 Å². The molecule has 6 nitrogen and oxygen atoms in total. The molecule has 6 heteroatoms. The summed E-state index contributed by atoms with van der Waals surface area (Å²) in [7, 11) is 0. The highest BCUT2D eigenvalue weighted by Crippen LogP contribution is 2.40. The monoisotopic (exact) mass is 298 g/mol. The van der Waals surface area contributed by atoms with Crippen molar-refractivity contribution < 1.29 is 9.59 Å². The zero-order chi connectivity index (χ0) is 15.7. The fourth-order valence-corrected chi connectivity index (χ4v) is 2.56. The molecule has 1 fully saturated rings. The lowest BCUT2D eigenvalue weighted by molar-refractivity contribution is -0.118. The largest absolute Gasteiger partial charge is 0.369 e. The van der Waals surface area contributed by atoms with E-state index < -0.39 is 5.91 Å². The number of carbonyl (C=O) groups is 2. The summed E-state index contributed by atoms with van der Waals surface area (Å²) >= 11 is 0. The third kappa shape index (κ3) is 2.86. The molecular formula is C16H18N4O2. The Bertz CT molecular complexity index is 718. The van der Waals surface area contributed by atoms with Gasteiger partial charge in [0.05, 0.1) is 12.1 Å². The molecule has 3 N–H and O–H groups in total. The van der Waals surface area contributed by atoms with Crippen molar-refractivity contribution in [1.82, 2.24) is 10.2 Å². The van der Waals surface area contributed by atoms with Crippen LogP contribution in [0, 0.1) is 0 Å². The lowest BCUT2D eigenvalue weighted by Crippen LogP contribution is -2.25. The first kappa shape index (κ1) is 14.3. The Morgan fingerprint density at radius 1 is 1.36 bits per heavy atom. The molecule has 0 saturated heterocycles. The molecule has 2 amide bonds. The van der Waals surface area contributed by atoms with Gasteiger partial charge >= 0.3 is 0 Å². The van der Waals surface area contributed by atoms with Crippen LogP contribution >= 0.6 is 0 Å². The molecule has 114 valence electrons. The number of anilines is 2. The van der Waals surface area contributed by atoms with Crippen molar-refractivity contribution in [1.29, 1.82) is 0 Å². The summed E-state index contributed by atoms with van der Waals surface area (Å²) in [5, 5.41) is 7.26. The van der Waals surface area contributed by atoms with E-state index in [1.165, 1.54) is 11.8 Å². The first-order valence-electron chi connectivity index (χ1n) is 7.28. The number of H-pyrrole nitrogens is 1. The van der Waals surface area contributed by atoms with Gasteiger partial charge in [0.25, 0.3) is 0 Å². The normalized spacial score (nSPS) is 13.9. The number of amides is 2. The maximum atomic E-state index is 12.1. The van der Waals surface area contributed by atoms with Gasteiger partial charge < -0.3 is 5.73 Å². The van der Waals surface area contributed by atoms with Crippen molar-refractivity contribution in [2.24, 2.45) is 5.73 Å². The van der Waals surface area contributed by atoms with E-state index in [-0.39, 0.29) is 12.3 Å². The Hall–Kier alpha value is -2.63. The van der Waals surface area contributed by atoms with E-state index >= 15 is 0 Å². The van der Waals surface area contributed by atoms with E-state index in [1.54, 1.807) is 12.1 Å². The van der Waals surface area contributed by atoms with Crippen molar-refractivity contribution in [2.45, 2.75) is 32.1 Å². The Morgan fingerprint density at radius 2 is 2.09 bits per heavy atom. The average molecular weight is 298 g/mol. The number of benzene rings is 1. The molecular weight excluding hydrogens is 280 g/mol. The fourth-order valence-electron chi connectivity index (χ4n) is 2.56. The third-order valence-corrected chi connectivity index (χ3v) is 3.74. The highest BCUT2D eigenvalue weighted by Gasteiger charge is 2.28. The van der Waals surface area contributed by atoms with Crippen LogP contribution in [0.3, 0.4) is 0 Å². The van der Waals surface area contributed by atoms with Crippen LogP contribution in [-0.2, 0) is 16.0 Å². The second kappa shape index (κ2) is 5.63. The smallest absolute Gasteiger partial charge is 0.229 e. The maximum Gasteiger partial charge on any atom is 0.229 e. The highest BCUT2D eigenvalue weighted by molar-refractivity contribution is 5.99. The molecule has 0 spiro atoms. The molecule has 1 heterocycles. The standard InChI is InChI=1S/C16H18N4O2/c1-10(21)20(16-9-13(18-19-16)11-6-7-11)14-5-3-2-4-12(14)8-15(17)22/h2-5,9,11H,6-8H2,1H3,(H2,17,22)(H,18,19). The van der Waals surface area contributed by atoms with Gasteiger partial charge in [-0.15, -0.1) is 0 Å². The Balaban J connectivity index is 2.00. The number of para-hydroxylation sites is 1. The van der Waals surface area contributed by atoms with Gasteiger partial charge in [-0.25, -0.2) is 0 Å². The Labute approximate surface area is 128 Å². The van der Waals surface area contributed by atoms with E-state index in [0.717, 1.165) is 18.5 Å². The van der Waals surface area contributed by atoms with Crippen LogP contribution in [0.5, 0.6) is 0 Å². The van der Waals surface area contributed by atoms with Crippen LogP contribution in [0.4, 0.5) is 11.5 Å². The quantitative estimate of drug-likeness (QED) is 0.884. The summed E-state index contributed by atoms with van der Waals surface area (Å²) in [6.07, 6.45) is 2.39. The molecule has 0 bridgehead atoms. The van der Waals surface area contributed by atoms with E-state index in [1.807, 2.05) is 18.2 Å². The zero-order valence-electron chi connectivity index (χ0n) is 12.4. The van der Waals surface area contributed by atoms with Gasteiger partial charge in [-0.1, -0.05) is 18.2 Å². The van der Waals surface area contributed by atoms with Crippen LogP contribution in [-0.4, -0.2) is 22.0 Å². The van der Waals surface area contributed by atoms with E-state index in [2.05, 4.69) is 10.2 Å². The first-order chi connectivity index (χ1) is 10.6. The number of primary amides is 1. The van der Waals surface area contributed by atoms with E-state index in [0.29, 0.717) is 23.0 Å². The molecule has 0 unspecified atom stereocenters. The summed E-state index contributed by atoms with van der Waals surface area (Å²) in [6, 6.07) is 9.14. The van der Waals surface area contributed by atoms with Crippen LogP contribution in [0.2, 0.25) is 0 Å². The van der Waals surface area contributed by atoms with Crippen LogP contribution in [0.25, 0.3) is 0 Å². The predicted octanol–water partition coefficient (Wildman–Crippen LogP) is 2.00. The summed E-state index contributed by atoms with van der Waals surface area (Å²) in [6.45, 7) is 1.48. The number of aromatic nitrogens is 2. The highest BCUT2D eigenvalue weighted by atomic mass is 16.2. The Morgan fingerprint density at radius 3 is 2.73 bits per heavy atom. The molecule has 1 aliphatic carbocycles. The van der Waals surface area contributed by atoms with Gasteiger partial charge in [-0.05, 0) is 24.5 Å². The molecule has 0 radical (unpaired) electrons. The summed E-state index contributed by atoms with van der Waals surface area (Å²) in [4.78, 5) is 24.9. The van der Waals surface area contributed by atoms with Crippen LogP contribution in [0.15, 0.2) is 30.3 Å². The minimum Gasteiger partial charge on any atom is -0.369 e. The summed E-state index contributed by atoms with van der Waals surface area (Å²) in [5.41, 5.74) is 7.70. The molecule has 3 rings (SSSR count). The molecule has 2 aromatic rings. The number of rotatable bonds is 5. The van der Waals surface area contributed by atoms with Crippen molar-refractivity contribution in [3.63, 3.8) is 0 Å². The summed E-state index contributed by atoms with van der Waals surface area (Å²) < 4.78 is 0. The first-order valence-corrected chi connectivity index (χ1v) is 7.28. The number of carbonyl (C=O) groups excluding carboxylic acids is 2. The fraction of sp³-hybridized carbons (Fsp3) is 0.312. The minimum absolute atomic E-state index is 0.0832. The lowest BCUT2D eigenvalue weighted by atomic mass is 10.1. The molecule has 1 aromatic heterocycles. The van der Waals surface area contributed by atoms with Gasteiger partial charge in [-0.3, -0.25) is 19.6 Å². The van der Waals surface area contributed by atoms with Gasteiger partial charge in [0.1, 0.15) is 0 Å². The molecule has 1 aliphatic rings. The lowest BCUT2D eigenvalue weighted by Gasteiger charge is -2.21. The van der Waals surface area contributed by atoms with Crippen molar-refractivity contribution in [3.05, 3.63) is 41.6 Å². The topological polar surface area (TPSA) is 92.1 Å². The SMILES string of the molecule is CC(=O)N(c1cc(C2CC2)[nH]n1)c1ccccc1CC(N)=O. The summed E-state index contributed by atoms with van der Waals surface area (Å²) in [5.74, 6) is 0.477.